The van der Waals surface area contributed by atoms with E-state index in [1.54, 1.807) is 73.4 Å². The number of nitrogens with two attached hydrogens (primary N) is 1. The number of carbonyl (C=O) groups excluding carboxylic acids is 2. The maximum Gasteiger partial charge on any atom is 0.278 e. The molecule has 4 rings (SSSR count). The second-order valence-electron chi connectivity index (χ2n) is 7.97. The molecule has 0 aliphatic rings. The maximum absolute atomic E-state index is 13.1. The van der Waals surface area contributed by atoms with Gasteiger partial charge in [0.2, 0.25) is 5.91 Å². The van der Waals surface area contributed by atoms with E-state index < -0.39 is 0 Å². The van der Waals surface area contributed by atoms with Crippen LogP contribution >= 0.6 is 0 Å². The molecule has 3 N–H and O–H groups in total. The van der Waals surface area contributed by atoms with Gasteiger partial charge in [0.05, 0.1) is 29.7 Å². The number of nitrogens with zero attached hydrogens (tertiary/aromatic N) is 5. The summed E-state index contributed by atoms with van der Waals surface area (Å²) in [5, 5.41) is 11.8. The molecule has 0 bridgehead atoms. The monoisotopic (exact) mass is 453 g/mol. The largest absolute Gasteiger partial charge is 0.327 e. The van der Waals surface area contributed by atoms with Crippen molar-refractivity contribution in [3.63, 3.8) is 0 Å². The Morgan fingerprint density at radius 2 is 1.82 bits per heavy atom. The number of benzene rings is 2. The van der Waals surface area contributed by atoms with Crippen LogP contribution in [0.4, 0.5) is 11.4 Å². The van der Waals surface area contributed by atoms with Gasteiger partial charge in [-0.25, -0.2) is 9.97 Å². The van der Waals surface area contributed by atoms with E-state index in [1.807, 2.05) is 12.1 Å². The number of amides is 2. The fourth-order valence-corrected chi connectivity index (χ4v) is 3.49. The van der Waals surface area contributed by atoms with E-state index in [9.17, 15) is 9.59 Å². The number of anilines is 2. The third-order valence-corrected chi connectivity index (χ3v) is 5.28. The van der Waals surface area contributed by atoms with Gasteiger partial charge in [0.25, 0.3) is 5.91 Å². The number of nitrogens with one attached hydrogen (secondary N) is 1. The lowest BCUT2D eigenvalue weighted by molar-refractivity contribution is -0.116. The Labute approximate surface area is 196 Å². The van der Waals surface area contributed by atoms with E-state index >= 15 is 0 Å². The highest BCUT2D eigenvalue weighted by molar-refractivity contribution is 6.04. The summed E-state index contributed by atoms with van der Waals surface area (Å²) >= 11 is 0. The summed E-state index contributed by atoms with van der Waals surface area (Å²) in [7, 11) is 1.66. The van der Waals surface area contributed by atoms with Gasteiger partial charge >= 0.3 is 0 Å². The number of imidazole rings is 1. The van der Waals surface area contributed by atoms with Crippen molar-refractivity contribution in [1.29, 1.82) is 5.26 Å². The number of aromatic nitrogens is 3. The predicted octanol–water partition coefficient (Wildman–Crippen LogP) is 3.22. The molecule has 0 saturated carbocycles. The zero-order valence-electron chi connectivity index (χ0n) is 18.8. The molecule has 1 atom stereocenters. The standard InChI is InChI=1S/C25H23N7O2/c1-16(27)11-24(33)30-19-7-5-18(6-8-19)22-13-29-23-14-28-21(15-32(22)23)25(34)31(2)20-9-3-17(12-26)4-10-20/h3-10,13-16H,11,27H2,1-2H3,(H,30,33)/t16-/m1/s1. The topological polar surface area (TPSA) is 129 Å². The first-order valence-electron chi connectivity index (χ1n) is 10.6. The highest BCUT2D eigenvalue weighted by Crippen LogP contribution is 2.23. The quantitative estimate of drug-likeness (QED) is 0.461. The van der Waals surface area contributed by atoms with Crippen LogP contribution < -0.4 is 16.0 Å². The molecule has 0 radical (unpaired) electrons. The van der Waals surface area contributed by atoms with E-state index in [0.29, 0.717) is 22.6 Å². The van der Waals surface area contributed by atoms with Gasteiger partial charge in [-0.15, -0.1) is 0 Å². The van der Waals surface area contributed by atoms with Crippen molar-refractivity contribution < 1.29 is 9.59 Å². The van der Waals surface area contributed by atoms with Gasteiger partial charge < -0.3 is 16.0 Å². The van der Waals surface area contributed by atoms with Crippen molar-refractivity contribution in [3.8, 4) is 17.3 Å². The van der Waals surface area contributed by atoms with E-state index in [4.69, 9.17) is 11.0 Å². The molecule has 2 heterocycles. The molecule has 170 valence electrons. The molecule has 4 aromatic rings. The minimum Gasteiger partial charge on any atom is -0.327 e. The van der Waals surface area contributed by atoms with Crippen LogP contribution in [-0.2, 0) is 4.79 Å². The number of fused-ring (bicyclic) bond motifs is 1. The van der Waals surface area contributed by atoms with E-state index in [1.165, 1.54) is 4.90 Å². The fourth-order valence-electron chi connectivity index (χ4n) is 3.49. The normalized spacial score (nSPS) is 11.6. The van der Waals surface area contributed by atoms with Crippen molar-refractivity contribution >= 4 is 28.8 Å². The van der Waals surface area contributed by atoms with Crippen molar-refractivity contribution in [2.45, 2.75) is 19.4 Å². The summed E-state index contributed by atoms with van der Waals surface area (Å²) in [6, 6.07) is 16.0. The molecule has 9 heteroatoms. The van der Waals surface area contributed by atoms with Crippen molar-refractivity contribution in [2.75, 3.05) is 17.3 Å². The van der Waals surface area contributed by atoms with Crippen LogP contribution in [0.15, 0.2) is 67.1 Å². The number of hydrogen-bond acceptors (Lipinski definition) is 6. The van der Waals surface area contributed by atoms with E-state index in [2.05, 4.69) is 21.4 Å². The molecule has 0 spiro atoms. The Kier molecular flexibility index (Phi) is 6.34. The fraction of sp³-hybridized carbons (Fsp3) is 0.160. The van der Waals surface area contributed by atoms with Gasteiger partial charge in [0.15, 0.2) is 5.65 Å². The van der Waals surface area contributed by atoms with Crippen LogP contribution in [0.3, 0.4) is 0 Å². The average Bonchev–Trinajstić information content (AvgIpc) is 3.26. The maximum atomic E-state index is 13.1. The number of nitriles is 1. The van der Waals surface area contributed by atoms with Gasteiger partial charge in [-0.1, -0.05) is 12.1 Å². The lowest BCUT2D eigenvalue weighted by Crippen LogP contribution is -2.27. The molecule has 0 aliphatic carbocycles. The number of carbonyl (C=O) groups is 2. The molecule has 2 amide bonds. The Morgan fingerprint density at radius 1 is 1.12 bits per heavy atom. The highest BCUT2D eigenvalue weighted by Gasteiger charge is 2.17. The number of rotatable bonds is 6. The first-order valence-corrected chi connectivity index (χ1v) is 10.6. The zero-order chi connectivity index (χ0) is 24.2. The highest BCUT2D eigenvalue weighted by atomic mass is 16.2. The first kappa shape index (κ1) is 22.6. The summed E-state index contributed by atoms with van der Waals surface area (Å²) in [6.45, 7) is 1.78. The summed E-state index contributed by atoms with van der Waals surface area (Å²) in [6.07, 6.45) is 5.15. The molecule has 2 aromatic heterocycles. The summed E-state index contributed by atoms with van der Waals surface area (Å²) in [4.78, 5) is 35.1. The van der Waals surface area contributed by atoms with Crippen LogP contribution in [0.1, 0.15) is 29.4 Å². The molecule has 0 saturated heterocycles. The van der Waals surface area contributed by atoms with Crippen LogP contribution in [0.25, 0.3) is 16.9 Å². The minimum absolute atomic E-state index is 0.141. The third kappa shape index (κ3) is 4.77. The lowest BCUT2D eigenvalue weighted by atomic mass is 10.1. The molecule has 0 unspecified atom stereocenters. The average molecular weight is 454 g/mol. The van der Waals surface area contributed by atoms with Crippen LogP contribution in [0, 0.1) is 11.3 Å². The van der Waals surface area contributed by atoms with Crippen LogP contribution in [-0.4, -0.2) is 39.3 Å². The molecular formula is C25H23N7O2. The SMILES string of the molecule is C[C@@H](N)CC(=O)Nc1ccc(-c2cnc3cnc(C(=O)N(C)c4ccc(C#N)cc4)cn23)cc1. The summed E-state index contributed by atoms with van der Waals surface area (Å²) in [5.41, 5.74) is 10.0. The van der Waals surface area contributed by atoms with Gasteiger partial charge in [0.1, 0.15) is 5.69 Å². The van der Waals surface area contributed by atoms with Gasteiger partial charge in [-0.3, -0.25) is 14.0 Å². The molecule has 34 heavy (non-hydrogen) atoms. The third-order valence-electron chi connectivity index (χ3n) is 5.28. The molecule has 9 nitrogen and oxygen atoms in total. The van der Waals surface area contributed by atoms with Crippen molar-refractivity contribution in [1.82, 2.24) is 14.4 Å². The Balaban J connectivity index is 1.58. The summed E-state index contributed by atoms with van der Waals surface area (Å²) < 4.78 is 1.80. The Hall–Kier alpha value is -4.55. The van der Waals surface area contributed by atoms with E-state index in [0.717, 1.165) is 11.3 Å². The molecular weight excluding hydrogens is 430 g/mol. The second kappa shape index (κ2) is 9.52. The first-order chi connectivity index (χ1) is 16.4. The second-order valence-corrected chi connectivity index (χ2v) is 7.97. The molecule has 0 fully saturated rings. The van der Waals surface area contributed by atoms with Gasteiger partial charge in [-0.2, -0.15) is 5.26 Å². The lowest BCUT2D eigenvalue weighted by Gasteiger charge is -2.17. The number of hydrogen-bond donors (Lipinski definition) is 2. The van der Waals surface area contributed by atoms with Gasteiger partial charge in [-0.05, 0) is 43.3 Å². The van der Waals surface area contributed by atoms with Crippen molar-refractivity contribution in [3.05, 3.63) is 78.4 Å². The van der Waals surface area contributed by atoms with Crippen molar-refractivity contribution in [2.24, 2.45) is 5.73 Å². The molecule has 0 aliphatic heterocycles. The summed E-state index contributed by atoms with van der Waals surface area (Å²) in [5.74, 6) is -0.434. The van der Waals surface area contributed by atoms with Crippen LogP contribution in [0.5, 0.6) is 0 Å². The smallest absolute Gasteiger partial charge is 0.278 e. The molecule has 2 aromatic carbocycles. The van der Waals surface area contributed by atoms with Gasteiger partial charge in [0, 0.05) is 42.6 Å². The zero-order valence-corrected chi connectivity index (χ0v) is 18.8. The van der Waals surface area contributed by atoms with E-state index in [-0.39, 0.29) is 30.0 Å². The minimum atomic E-state index is -0.293. The Bertz CT molecular complexity index is 1380. The predicted molar refractivity (Wildman–Crippen MR) is 129 cm³/mol. The van der Waals surface area contributed by atoms with Crippen LogP contribution in [0.2, 0.25) is 0 Å². The Morgan fingerprint density at radius 3 is 2.47 bits per heavy atom.